The third-order valence-electron chi connectivity index (χ3n) is 3.87. The molecule has 4 aromatic rings. The second-order valence-electron chi connectivity index (χ2n) is 5.49. The number of benzene rings is 3. The lowest BCUT2D eigenvalue weighted by Crippen LogP contribution is -1.95. The van der Waals surface area contributed by atoms with Crippen molar-refractivity contribution in [1.29, 1.82) is 0 Å². The molecule has 0 saturated heterocycles. The van der Waals surface area contributed by atoms with Gasteiger partial charge in [0.1, 0.15) is 0 Å². The van der Waals surface area contributed by atoms with Crippen molar-refractivity contribution in [3.63, 3.8) is 0 Å². The van der Waals surface area contributed by atoms with Gasteiger partial charge in [-0.25, -0.2) is 9.97 Å². The number of rotatable bonds is 2. The van der Waals surface area contributed by atoms with E-state index in [9.17, 15) is 10.2 Å². The molecule has 0 amide bonds. The summed E-state index contributed by atoms with van der Waals surface area (Å²) in [6.07, 6.45) is 0. The fourth-order valence-corrected chi connectivity index (χ4v) is 2.69. The molecule has 4 rings (SSSR count). The SMILES string of the molecule is Oc1cc2nc(-c3ccccc3)nc(-c3ccccc3)c2cc1O. The quantitative estimate of drug-likeness (QED) is 0.539. The van der Waals surface area contributed by atoms with Gasteiger partial charge in [-0.15, -0.1) is 0 Å². The van der Waals surface area contributed by atoms with Crippen LogP contribution in [0.4, 0.5) is 0 Å². The van der Waals surface area contributed by atoms with Crippen LogP contribution in [0.25, 0.3) is 33.5 Å². The second-order valence-corrected chi connectivity index (χ2v) is 5.49. The highest BCUT2D eigenvalue weighted by Crippen LogP contribution is 2.35. The lowest BCUT2D eigenvalue weighted by molar-refractivity contribution is 0.405. The molecule has 116 valence electrons. The van der Waals surface area contributed by atoms with Crippen LogP contribution in [-0.2, 0) is 0 Å². The Morgan fingerprint density at radius 1 is 0.625 bits per heavy atom. The zero-order valence-corrected chi connectivity index (χ0v) is 12.7. The van der Waals surface area contributed by atoms with Crippen molar-refractivity contribution in [3.8, 4) is 34.1 Å². The van der Waals surface area contributed by atoms with E-state index in [0.29, 0.717) is 16.7 Å². The first-order chi connectivity index (χ1) is 11.7. The van der Waals surface area contributed by atoms with Crippen LogP contribution in [-0.4, -0.2) is 20.2 Å². The van der Waals surface area contributed by atoms with E-state index in [1.807, 2.05) is 60.7 Å². The fourth-order valence-electron chi connectivity index (χ4n) is 2.69. The Hall–Kier alpha value is -3.40. The van der Waals surface area contributed by atoms with Gasteiger partial charge in [-0.1, -0.05) is 60.7 Å². The van der Waals surface area contributed by atoms with E-state index in [-0.39, 0.29) is 11.5 Å². The Balaban J connectivity index is 2.06. The molecule has 1 aromatic heterocycles. The molecule has 4 heteroatoms. The number of phenols is 2. The molecule has 0 aliphatic carbocycles. The average Bonchev–Trinajstić information content (AvgIpc) is 2.63. The molecule has 0 radical (unpaired) electrons. The molecule has 0 aliphatic rings. The van der Waals surface area contributed by atoms with Crippen molar-refractivity contribution in [2.75, 3.05) is 0 Å². The third-order valence-corrected chi connectivity index (χ3v) is 3.87. The smallest absolute Gasteiger partial charge is 0.160 e. The summed E-state index contributed by atoms with van der Waals surface area (Å²) in [5.74, 6) is 0.196. The summed E-state index contributed by atoms with van der Waals surface area (Å²) in [4.78, 5) is 9.26. The minimum absolute atomic E-state index is 0.184. The van der Waals surface area contributed by atoms with Gasteiger partial charge in [0.2, 0.25) is 0 Å². The topological polar surface area (TPSA) is 66.2 Å². The molecule has 1 heterocycles. The van der Waals surface area contributed by atoms with Gasteiger partial charge >= 0.3 is 0 Å². The van der Waals surface area contributed by atoms with Crippen LogP contribution >= 0.6 is 0 Å². The summed E-state index contributed by atoms with van der Waals surface area (Å²) in [5, 5.41) is 20.4. The van der Waals surface area contributed by atoms with E-state index in [4.69, 9.17) is 4.98 Å². The van der Waals surface area contributed by atoms with Gasteiger partial charge in [0.25, 0.3) is 0 Å². The summed E-state index contributed by atoms with van der Waals surface area (Å²) in [7, 11) is 0. The minimum Gasteiger partial charge on any atom is -0.504 e. The zero-order valence-electron chi connectivity index (χ0n) is 12.7. The number of phenolic OH excluding ortho intramolecular Hbond substituents is 2. The standard InChI is InChI=1S/C20H14N2O2/c23-17-11-15-16(12-18(17)24)21-20(14-9-5-2-6-10-14)22-19(15)13-7-3-1-4-8-13/h1-12,23-24H. The van der Waals surface area contributed by atoms with E-state index < -0.39 is 0 Å². The molecule has 0 aliphatic heterocycles. The Morgan fingerprint density at radius 2 is 1.21 bits per heavy atom. The highest BCUT2D eigenvalue weighted by molar-refractivity contribution is 5.95. The van der Waals surface area contributed by atoms with Crippen molar-refractivity contribution < 1.29 is 10.2 Å². The highest BCUT2D eigenvalue weighted by Gasteiger charge is 2.13. The van der Waals surface area contributed by atoms with Crippen LogP contribution in [0.1, 0.15) is 0 Å². The van der Waals surface area contributed by atoms with Crippen molar-refractivity contribution in [2.24, 2.45) is 0 Å². The lowest BCUT2D eigenvalue weighted by atomic mass is 10.0. The van der Waals surface area contributed by atoms with Crippen LogP contribution < -0.4 is 0 Å². The van der Waals surface area contributed by atoms with E-state index in [1.54, 1.807) is 0 Å². The van der Waals surface area contributed by atoms with Gasteiger partial charge < -0.3 is 10.2 Å². The first kappa shape index (κ1) is 14.2. The molecule has 24 heavy (non-hydrogen) atoms. The van der Waals surface area contributed by atoms with Crippen molar-refractivity contribution in [3.05, 3.63) is 72.8 Å². The molecular formula is C20H14N2O2. The van der Waals surface area contributed by atoms with Gasteiger partial charge in [-0.05, 0) is 6.07 Å². The van der Waals surface area contributed by atoms with Gasteiger partial charge in [-0.3, -0.25) is 0 Å². The van der Waals surface area contributed by atoms with Crippen LogP contribution in [0.3, 0.4) is 0 Å². The van der Waals surface area contributed by atoms with Crippen LogP contribution in [0, 0.1) is 0 Å². The van der Waals surface area contributed by atoms with E-state index in [2.05, 4.69) is 4.98 Å². The number of aromatic nitrogens is 2. The maximum Gasteiger partial charge on any atom is 0.160 e. The van der Waals surface area contributed by atoms with Crippen LogP contribution in [0.2, 0.25) is 0 Å². The maximum atomic E-state index is 9.87. The highest BCUT2D eigenvalue weighted by atomic mass is 16.3. The Kier molecular flexibility index (Phi) is 3.35. The minimum atomic E-state index is -0.195. The predicted molar refractivity (Wildman–Crippen MR) is 93.7 cm³/mol. The largest absolute Gasteiger partial charge is 0.504 e. The molecule has 0 bridgehead atoms. The normalized spacial score (nSPS) is 10.8. The molecule has 4 nitrogen and oxygen atoms in total. The van der Waals surface area contributed by atoms with Gasteiger partial charge in [-0.2, -0.15) is 0 Å². The summed E-state index contributed by atoms with van der Waals surface area (Å²) < 4.78 is 0. The second kappa shape index (κ2) is 5.66. The number of fused-ring (bicyclic) bond motifs is 1. The summed E-state index contributed by atoms with van der Waals surface area (Å²) in [5.41, 5.74) is 3.11. The van der Waals surface area contributed by atoms with Gasteiger partial charge in [0.05, 0.1) is 11.2 Å². The van der Waals surface area contributed by atoms with Gasteiger partial charge in [0, 0.05) is 22.6 Å². The first-order valence-electron chi connectivity index (χ1n) is 7.57. The van der Waals surface area contributed by atoms with E-state index in [1.165, 1.54) is 12.1 Å². The summed E-state index contributed by atoms with van der Waals surface area (Å²) in [6, 6.07) is 22.4. The Morgan fingerprint density at radius 3 is 1.88 bits per heavy atom. The lowest BCUT2D eigenvalue weighted by Gasteiger charge is -2.10. The summed E-state index contributed by atoms with van der Waals surface area (Å²) in [6.45, 7) is 0. The van der Waals surface area contributed by atoms with E-state index >= 15 is 0 Å². The maximum absolute atomic E-state index is 9.87. The van der Waals surface area contributed by atoms with Crippen LogP contribution in [0.5, 0.6) is 11.5 Å². The molecule has 0 fully saturated rings. The molecule has 2 N–H and O–H groups in total. The Bertz CT molecular complexity index is 1020. The molecule has 3 aromatic carbocycles. The predicted octanol–water partition coefficient (Wildman–Crippen LogP) is 4.38. The Labute approximate surface area is 138 Å². The zero-order chi connectivity index (χ0) is 16.5. The van der Waals surface area contributed by atoms with Crippen molar-refractivity contribution in [2.45, 2.75) is 0 Å². The first-order valence-corrected chi connectivity index (χ1v) is 7.57. The number of hydrogen-bond donors (Lipinski definition) is 2. The molecule has 0 unspecified atom stereocenters. The number of hydrogen-bond acceptors (Lipinski definition) is 4. The van der Waals surface area contributed by atoms with Crippen LogP contribution in [0.15, 0.2) is 72.8 Å². The van der Waals surface area contributed by atoms with E-state index in [0.717, 1.165) is 16.8 Å². The monoisotopic (exact) mass is 314 g/mol. The van der Waals surface area contributed by atoms with Gasteiger partial charge in [0.15, 0.2) is 17.3 Å². The summed E-state index contributed by atoms with van der Waals surface area (Å²) >= 11 is 0. The van der Waals surface area contributed by atoms with Crippen molar-refractivity contribution in [1.82, 2.24) is 9.97 Å². The molecular weight excluding hydrogens is 300 g/mol. The fraction of sp³-hybridized carbons (Fsp3) is 0. The molecule has 0 atom stereocenters. The average molecular weight is 314 g/mol. The number of aromatic hydroxyl groups is 2. The number of nitrogens with zero attached hydrogens (tertiary/aromatic N) is 2. The van der Waals surface area contributed by atoms with Crippen molar-refractivity contribution >= 4 is 10.9 Å². The third kappa shape index (κ3) is 2.44. The molecule has 0 spiro atoms. The molecule has 0 saturated carbocycles.